The first-order valence-electron chi connectivity index (χ1n) is 13.4. The second-order valence-electron chi connectivity index (χ2n) is 9.40. The van der Waals surface area contributed by atoms with Crippen molar-refractivity contribution in [2.75, 3.05) is 13.6 Å². The molecule has 1 unspecified atom stereocenters. The summed E-state index contributed by atoms with van der Waals surface area (Å²) >= 11 is 0. The summed E-state index contributed by atoms with van der Waals surface area (Å²) in [4.78, 5) is 38.6. The lowest BCUT2D eigenvalue weighted by atomic mass is 10.1. The van der Waals surface area contributed by atoms with E-state index in [2.05, 4.69) is 0 Å². The van der Waals surface area contributed by atoms with Crippen LogP contribution in [0.3, 0.4) is 0 Å². The standard InChI is InChI=1S/C33H31NO9/c1-34(31(36)39-21-24-11-5-2-6-12-24)20-28(35)27-17-18-29(42-32(37)40-22-25-13-7-3-8-14-25)30(19-27)43-33(38)41-23-26-15-9-4-10-16-26/h2-19,28,35H,20-23H2,1H3. The molecule has 0 aliphatic heterocycles. The van der Waals surface area contributed by atoms with Crippen molar-refractivity contribution in [3.63, 3.8) is 0 Å². The van der Waals surface area contributed by atoms with Gasteiger partial charge in [0.2, 0.25) is 0 Å². The van der Waals surface area contributed by atoms with Crippen molar-refractivity contribution in [2.45, 2.75) is 25.9 Å². The molecule has 4 rings (SSSR count). The zero-order valence-electron chi connectivity index (χ0n) is 23.5. The number of carbonyl (C=O) groups excluding carboxylic acids is 3. The van der Waals surface area contributed by atoms with E-state index in [0.717, 1.165) is 16.7 Å². The minimum atomic E-state index is -1.20. The summed E-state index contributed by atoms with van der Waals surface area (Å²) in [5, 5.41) is 10.9. The molecule has 1 atom stereocenters. The lowest BCUT2D eigenvalue weighted by Gasteiger charge is -2.21. The van der Waals surface area contributed by atoms with Gasteiger partial charge in [-0.25, -0.2) is 14.4 Å². The number of nitrogens with zero attached hydrogens (tertiary/aromatic N) is 1. The second kappa shape index (κ2) is 15.6. The van der Waals surface area contributed by atoms with Crippen LogP contribution in [-0.2, 0) is 34.0 Å². The molecule has 0 heterocycles. The summed E-state index contributed by atoms with van der Waals surface area (Å²) in [7, 11) is 1.48. The molecular weight excluding hydrogens is 554 g/mol. The average molecular weight is 586 g/mol. The van der Waals surface area contributed by atoms with E-state index in [-0.39, 0.29) is 43.4 Å². The van der Waals surface area contributed by atoms with Crippen LogP contribution in [0.15, 0.2) is 109 Å². The van der Waals surface area contributed by atoms with E-state index in [4.69, 9.17) is 23.7 Å². The molecule has 10 nitrogen and oxygen atoms in total. The zero-order chi connectivity index (χ0) is 30.4. The van der Waals surface area contributed by atoms with Gasteiger partial charge < -0.3 is 33.7 Å². The molecule has 1 N–H and O–H groups in total. The topological polar surface area (TPSA) is 121 Å². The molecule has 0 bridgehead atoms. The van der Waals surface area contributed by atoms with Gasteiger partial charge in [-0.15, -0.1) is 0 Å². The number of benzene rings is 4. The predicted octanol–water partition coefficient (Wildman–Crippen LogP) is 6.42. The maximum Gasteiger partial charge on any atom is 0.514 e. The zero-order valence-corrected chi connectivity index (χ0v) is 23.5. The number of amides is 1. The Kier molecular flexibility index (Phi) is 11.1. The largest absolute Gasteiger partial charge is 0.514 e. The first kappa shape index (κ1) is 30.6. The van der Waals surface area contributed by atoms with E-state index in [0.29, 0.717) is 0 Å². The fraction of sp³-hybridized carbons (Fsp3) is 0.182. The summed E-state index contributed by atoms with van der Waals surface area (Å²) in [5.74, 6) is -0.332. The number of ether oxygens (including phenoxy) is 5. The van der Waals surface area contributed by atoms with Gasteiger partial charge in [-0.05, 0) is 34.4 Å². The monoisotopic (exact) mass is 585 g/mol. The maximum atomic E-state index is 12.5. The Morgan fingerprint density at radius 1 is 0.628 bits per heavy atom. The van der Waals surface area contributed by atoms with E-state index in [1.54, 1.807) is 36.4 Å². The highest BCUT2D eigenvalue weighted by atomic mass is 16.7. The first-order valence-corrected chi connectivity index (χ1v) is 13.4. The van der Waals surface area contributed by atoms with E-state index in [1.165, 1.54) is 30.1 Å². The number of hydrogen-bond donors (Lipinski definition) is 1. The predicted molar refractivity (Wildman–Crippen MR) is 155 cm³/mol. The molecule has 0 aliphatic carbocycles. The number of likely N-dealkylation sites (N-methyl/N-ethyl adjacent to an activating group) is 1. The van der Waals surface area contributed by atoms with E-state index in [1.807, 2.05) is 54.6 Å². The van der Waals surface area contributed by atoms with Crippen LogP contribution in [0.5, 0.6) is 11.5 Å². The third-order valence-corrected chi connectivity index (χ3v) is 6.10. The van der Waals surface area contributed by atoms with Crippen molar-refractivity contribution in [1.82, 2.24) is 4.90 Å². The van der Waals surface area contributed by atoms with Crippen molar-refractivity contribution in [3.8, 4) is 11.5 Å². The van der Waals surface area contributed by atoms with Gasteiger partial charge in [-0.1, -0.05) is 97.1 Å². The van der Waals surface area contributed by atoms with E-state index < -0.39 is 24.5 Å². The van der Waals surface area contributed by atoms with E-state index >= 15 is 0 Å². The number of hydrogen-bond acceptors (Lipinski definition) is 9. The Labute approximate surface area is 248 Å². The molecule has 0 aromatic heterocycles. The summed E-state index contributed by atoms with van der Waals surface area (Å²) in [5.41, 5.74) is 2.60. The lowest BCUT2D eigenvalue weighted by Crippen LogP contribution is -2.31. The van der Waals surface area contributed by atoms with Gasteiger partial charge >= 0.3 is 18.4 Å². The minimum absolute atomic E-state index is 0.0293. The summed E-state index contributed by atoms with van der Waals surface area (Å²) < 4.78 is 26.3. The smallest absolute Gasteiger partial charge is 0.445 e. The maximum absolute atomic E-state index is 12.5. The van der Waals surface area contributed by atoms with Crippen molar-refractivity contribution in [2.24, 2.45) is 0 Å². The molecular formula is C33H31NO9. The number of aliphatic hydroxyl groups excluding tert-OH is 1. The Bertz CT molecular complexity index is 1480. The molecule has 4 aromatic rings. The van der Waals surface area contributed by atoms with Crippen molar-refractivity contribution in [3.05, 3.63) is 131 Å². The fourth-order valence-electron chi connectivity index (χ4n) is 3.84. The molecule has 0 saturated carbocycles. The third-order valence-electron chi connectivity index (χ3n) is 6.10. The summed E-state index contributed by atoms with van der Waals surface area (Å²) in [6, 6.07) is 31.3. The highest BCUT2D eigenvalue weighted by molar-refractivity contribution is 5.69. The molecule has 1 amide bonds. The number of rotatable bonds is 11. The van der Waals surface area contributed by atoms with Crippen LogP contribution in [-0.4, -0.2) is 42.0 Å². The van der Waals surface area contributed by atoms with Crippen LogP contribution < -0.4 is 9.47 Å². The highest BCUT2D eigenvalue weighted by Crippen LogP contribution is 2.32. The normalized spacial score (nSPS) is 11.1. The van der Waals surface area contributed by atoms with Crippen LogP contribution in [0.1, 0.15) is 28.4 Å². The number of carbonyl (C=O) groups is 3. The van der Waals surface area contributed by atoms with Crippen molar-refractivity contribution < 1.29 is 43.2 Å². The molecule has 0 aliphatic rings. The van der Waals surface area contributed by atoms with Gasteiger partial charge in [0.05, 0.1) is 12.6 Å². The summed E-state index contributed by atoms with van der Waals surface area (Å²) in [6.45, 7) is -0.133. The Morgan fingerprint density at radius 3 is 1.56 bits per heavy atom. The molecule has 43 heavy (non-hydrogen) atoms. The quantitative estimate of drug-likeness (QED) is 0.121. The van der Waals surface area contributed by atoms with Crippen LogP contribution in [0.25, 0.3) is 0 Å². The minimum Gasteiger partial charge on any atom is -0.445 e. The average Bonchev–Trinajstić information content (AvgIpc) is 3.04. The molecule has 0 spiro atoms. The van der Waals surface area contributed by atoms with Crippen LogP contribution in [0, 0.1) is 0 Å². The molecule has 0 saturated heterocycles. The highest BCUT2D eigenvalue weighted by Gasteiger charge is 2.21. The molecule has 0 fully saturated rings. The van der Waals surface area contributed by atoms with Crippen molar-refractivity contribution in [1.29, 1.82) is 0 Å². The van der Waals surface area contributed by atoms with Gasteiger partial charge in [-0.2, -0.15) is 0 Å². The Hall–Kier alpha value is -5.35. The molecule has 0 radical (unpaired) electrons. The van der Waals surface area contributed by atoms with Crippen LogP contribution in [0.4, 0.5) is 14.4 Å². The fourth-order valence-corrected chi connectivity index (χ4v) is 3.84. The molecule has 222 valence electrons. The first-order chi connectivity index (χ1) is 20.9. The van der Waals surface area contributed by atoms with Gasteiger partial charge in [0.25, 0.3) is 0 Å². The van der Waals surface area contributed by atoms with Gasteiger partial charge in [-0.3, -0.25) is 0 Å². The SMILES string of the molecule is CN(CC(O)c1ccc(OC(=O)OCc2ccccc2)c(OC(=O)OCc2ccccc2)c1)C(=O)OCc1ccccc1. The van der Waals surface area contributed by atoms with Crippen LogP contribution in [0.2, 0.25) is 0 Å². The van der Waals surface area contributed by atoms with Crippen LogP contribution >= 0.6 is 0 Å². The van der Waals surface area contributed by atoms with Crippen molar-refractivity contribution >= 4 is 18.4 Å². The summed E-state index contributed by atoms with van der Waals surface area (Å²) in [6.07, 6.45) is -3.92. The van der Waals surface area contributed by atoms with Gasteiger partial charge in [0.15, 0.2) is 11.5 Å². The van der Waals surface area contributed by atoms with Gasteiger partial charge in [0, 0.05) is 7.05 Å². The Balaban J connectivity index is 1.41. The third kappa shape index (κ3) is 9.91. The second-order valence-corrected chi connectivity index (χ2v) is 9.40. The Morgan fingerprint density at radius 2 is 1.07 bits per heavy atom. The molecule has 4 aromatic carbocycles. The molecule has 10 heteroatoms. The number of aliphatic hydroxyl groups is 1. The van der Waals surface area contributed by atoms with Gasteiger partial charge in [0.1, 0.15) is 19.8 Å². The lowest BCUT2D eigenvalue weighted by molar-refractivity contribution is 0.0777. The van der Waals surface area contributed by atoms with E-state index in [9.17, 15) is 19.5 Å².